The second-order valence-corrected chi connectivity index (χ2v) is 6.91. The van der Waals surface area contributed by atoms with E-state index in [2.05, 4.69) is 53.3 Å². The summed E-state index contributed by atoms with van der Waals surface area (Å²) in [5, 5.41) is 12.1. The molecule has 2 aromatic rings. The maximum absolute atomic E-state index is 5.44. The summed E-state index contributed by atoms with van der Waals surface area (Å²) < 4.78 is 7.43. The Morgan fingerprint density at radius 3 is 2.77 bits per heavy atom. The first-order valence-electron chi connectivity index (χ1n) is 7.68. The highest BCUT2D eigenvalue weighted by Gasteiger charge is 2.26. The predicted molar refractivity (Wildman–Crippen MR) is 83.5 cm³/mol. The van der Waals surface area contributed by atoms with E-state index in [1.165, 1.54) is 0 Å². The Balaban J connectivity index is 1.88. The van der Waals surface area contributed by atoms with Crippen LogP contribution < -0.4 is 5.32 Å². The van der Waals surface area contributed by atoms with Crippen LogP contribution in [0.2, 0.25) is 0 Å². The van der Waals surface area contributed by atoms with Crippen molar-refractivity contribution in [3.63, 3.8) is 0 Å². The first-order chi connectivity index (χ1) is 10.4. The van der Waals surface area contributed by atoms with Gasteiger partial charge in [0, 0.05) is 25.3 Å². The molecule has 0 bridgehead atoms. The standard InChI is InChI=1S/C15H24N6O/c1-10-8-11(18-21(10)15(2,3)4)14-17-13(19-22-14)12-9-16-6-7-20(12)5/h8,12,16H,6-7,9H2,1-5H3. The van der Waals surface area contributed by atoms with Gasteiger partial charge in [0.2, 0.25) is 0 Å². The molecule has 1 saturated heterocycles. The highest BCUT2D eigenvalue weighted by Crippen LogP contribution is 2.24. The summed E-state index contributed by atoms with van der Waals surface area (Å²) in [5.74, 6) is 1.20. The summed E-state index contributed by atoms with van der Waals surface area (Å²) in [6.45, 7) is 11.2. The van der Waals surface area contributed by atoms with Gasteiger partial charge >= 0.3 is 0 Å². The molecule has 3 heterocycles. The first kappa shape index (κ1) is 15.2. The fraction of sp³-hybridized carbons (Fsp3) is 0.667. The summed E-state index contributed by atoms with van der Waals surface area (Å²) in [6, 6.07) is 2.14. The van der Waals surface area contributed by atoms with Crippen molar-refractivity contribution in [3.8, 4) is 11.6 Å². The third kappa shape index (κ3) is 2.78. The molecule has 0 aliphatic carbocycles. The van der Waals surface area contributed by atoms with E-state index in [1.807, 2.05) is 17.7 Å². The fourth-order valence-electron chi connectivity index (χ4n) is 2.83. The number of hydrogen-bond acceptors (Lipinski definition) is 6. The van der Waals surface area contributed by atoms with Gasteiger partial charge in [-0.2, -0.15) is 10.1 Å². The van der Waals surface area contributed by atoms with Gasteiger partial charge < -0.3 is 9.84 Å². The molecule has 2 aromatic heterocycles. The zero-order chi connectivity index (χ0) is 15.9. The van der Waals surface area contributed by atoms with Crippen LogP contribution in [0, 0.1) is 6.92 Å². The van der Waals surface area contributed by atoms with Gasteiger partial charge in [0.15, 0.2) is 11.5 Å². The van der Waals surface area contributed by atoms with Crippen molar-refractivity contribution in [1.29, 1.82) is 0 Å². The van der Waals surface area contributed by atoms with Crippen molar-refractivity contribution in [2.24, 2.45) is 0 Å². The molecule has 0 spiro atoms. The monoisotopic (exact) mass is 304 g/mol. The lowest BCUT2D eigenvalue weighted by molar-refractivity contribution is 0.190. The molecular weight excluding hydrogens is 280 g/mol. The molecule has 0 radical (unpaired) electrons. The highest BCUT2D eigenvalue weighted by molar-refractivity contribution is 5.47. The van der Waals surface area contributed by atoms with E-state index in [4.69, 9.17) is 4.52 Å². The first-order valence-corrected chi connectivity index (χ1v) is 7.68. The second-order valence-electron chi connectivity index (χ2n) is 6.91. The summed E-state index contributed by atoms with van der Waals surface area (Å²) in [5.41, 5.74) is 1.75. The summed E-state index contributed by atoms with van der Waals surface area (Å²) in [4.78, 5) is 6.80. The van der Waals surface area contributed by atoms with Gasteiger partial charge in [0.05, 0.1) is 11.6 Å². The van der Waals surface area contributed by atoms with E-state index in [0.29, 0.717) is 11.7 Å². The van der Waals surface area contributed by atoms with Crippen LogP contribution in [0.1, 0.15) is 38.3 Å². The molecule has 7 nitrogen and oxygen atoms in total. The maximum Gasteiger partial charge on any atom is 0.278 e. The van der Waals surface area contributed by atoms with Crippen LogP contribution in [0.3, 0.4) is 0 Å². The predicted octanol–water partition coefficient (Wildman–Crippen LogP) is 1.57. The molecule has 3 rings (SSSR count). The molecule has 120 valence electrons. The molecule has 1 atom stereocenters. The van der Waals surface area contributed by atoms with Crippen LogP contribution in [-0.4, -0.2) is 51.5 Å². The van der Waals surface area contributed by atoms with E-state index in [1.54, 1.807) is 0 Å². The number of rotatable bonds is 2. The third-order valence-corrected chi connectivity index (χ3v) is 3.99. The maximum atomic E-state index is 5.44. The number of likely N-dealkylation sites (N-methyl/N-ethyl adjacent to an activating group) is 1. The quantitative estimate of drug-likeness (QED) is 0.908. The Morgan fingerprint density at radius 1 is 1.36 bits per heavy atom. The van der Waals surface area contributed by atoms with Gasteiger partial charge in [-0.1, -0.05) is 5.16 Å². The molecule has 0 aromatic carbocycles. The van der Waals surface area contributed by atoms with Crippen molar-refractivity contribution >= 4 is 0 Å². The van der Waals surface area contributed by atoms with Gasteiger partial charge in [-0.25, -0.2) is 0 Å². The molecule has 7 heteroatoms. The number of nitrogens with zero attached hydrogens (tertiary/aromatic N) is 5. The highest BCUT2D eigenvalue weighted by atomic mass is 16.5. The number of aromatic nitrogens is 4. The van der Waals surface area contributed by atoms with E-state index in [0.717, 1.165) is 31.0 Å². The van der Waals surface area contributed by atoms with Crippen molar-refractivity contribution in [2.45, 2.75) is 39.3 Å². The Hall–Kier alpha value is -1.73. The normalized spacial score (nSPS) is 20.5. The van der Waals surface area contributed by atoms with Crippen molar-refractivity contribution < 1.29 is 4.52 Å². The second kappa shape index (κ2) is 5.48. The average molecular weight is 304 g/mol. The third-order valence-electron chi connectivity index (χ3n) is 3.99. The molecule has 0 amide bonds. The lowest BCUT2D eigenvalue weighted by atomic mass is 10.1. The number of aryl methyl sites for hydroxylation is 1. The van der Waals surface area contributed by atoms with Gasteiger partial charge in [0.25, 0.3) is 5.89 Å². The van der Waals surface area contributed by atoms with E-state index in [-0.39, 0.29) is 11.6 Å². The largest absolute Gasteiger partial charge is 0.332 e. The Kier molecular flexibility index (Phi) is 3.78. The van der Waals surface area contributed by atoms with Crippen LogP contribution in [0.15, 0.2) is 10.6 Å². The number of hydrogen-bond donors (Lipinski definition) is 1. The van der Waals surface area contributed by atoms with Crippen molar-refractivity contribution in [3.05, 3.63) is 17.6 Å². The summed E-state index contributed by atoms with van der Waals surface area (Å²) in [6.07, 6.45) is 0. The zero-order valence-corrected chi connectivity index (χ0v) is 13.9. The van der Waals surface area contributed by atoms with E-state index < -0.39 is 0 Å². The van der Waals surface area contributed by atoms with Crippen LogP contribution >= 0.6 is 0 Å². The van der Waals surface area contributed by atoms with Gasteiger partial charge in [-0.05, 0) is 40.8 Å². The fourth-order valence-corrected chi connectivity index (χ4v) is 2.83. The SMILES string of the molecule is Cc1cc(-c2nc(C3CNCCN3C)no2)nn1C(C)(C)C. The number of piperazine rings is 1. The van der Waals surface area contributed by atoms with Crippen LogP contribution in [0.5, 0.6) is 0 Å². The molecule has 22 heavy (non-hydrogen) atoms. The minimum absolute atomic E-state index is 0.0707. The Morgan fingerprint density at radius 2 is 2.14 bits per heavy atom. The van der Waals surface area contributed by atoms with Crippen molar-refractivity contribution in [1.82, 2.24) is 30.1 Å². The Bertz CT molecular complexity index is 653. The van der Waals surface area contributed by atoms with Crippen LogP contribution in [0.4, 0.5) is 0 Å². The molecule has 1 aliphatic rings. The average Bonchev–Trinajstić information content (AvgIpc) is 3.05. The molecule has 1 fully saturated rings. The van der Waals surface area contributed by atoms with Gasteiger partial charge in [-0.15, -0.1) is 0 Å². The molecule has 1 N–H and O–H groups in total. The molecule has 1 aliphatic heterocycles. The molecule has 0 saturated carbocycles. The van der Waals surface area contributed by atoms with Gasteiger partial charge in [-0.3, -0.25) is 9.58 Å². The van der Waals surface area contributed by atoms with Crippen LogP contribution in [-0.2, 0) is 5.54 Å². The lowest BCUT2D eigenvalue weighted by Crippen LogP contribution is -2.44. The van der Waals surface area contributed by atoms with E-state index >= 15 is 0 Å². The molecule has 1 unspecified atom stereocenters. The molecular formula is C15H24N6O. The smallest absolute Gasteiger partial charge is 0.278 e. The van der Waals surface area contributed by atoms with E-state index in [9.17, 15) is 0 Å². The van der Waals surface area contributed by atoms with Crippen molar-refractivity contribution in [2.75, 3.05) is 26.7 Å². The lowest BCUT2D eigenvalue weighted by Gasteiger charge is -2.30. The topological polar surface area (TPSA) is 72.0 Å². The summed E-state index contributed by atoms with van der Waals surface area (Å²) >= 11 is 0. The Labute approximate surface area is 130 Å². The minimum atomic E-state index is -0.0707. The zero-order valence-electron chi connectivity index (χ0n) is 13.9. The van der Waals surface area contributed by atoms with Gasteiger partial charge in [0.1, 0.15) is 0 Å². The number of nitrogens with one attached hydrogen (secondary N) is 1. The summed E-state index contributed by atoms with van der Waals surface area (Å²) in [7, 11) is 2.08. The minimum Gasteiger partial charge on any atom is -0.332 e. The van der Waals surface area contributed by atoms with Crippen LogP contribution in [0.25, 0.3) is 11.6 Å².